The number of methoxy groups -OCH3 is 1. The number of para-hydroxylation sites is 2. The average molecular weight is 420 g/mol. The number of fused-ring (bicyclic) bond motifs is 1. The summed E-state index contributed by atoms with van der Waals surface area (Å²) in [6.45, 7) is 7.10. The SMILES string of the molecule is COc1ccccc1N1CCN(C(=O)c2cc(C3CC3)nc3c2cnn3C(C)C)CC1. The highest BCUT2D eigenvalue weighted by molar-refractivity contribution is 6.05. The van der Waals surface area contributed by atoms with Crippen LogP contribution in [0, 0.1) is 0 Å². The lowest BCUT2D eigenvalue weighted by atomic mass is 10.1. The lowest BCUT2D eigenvalue weighted by Crippen LogP contribution is -2.49. The first-order valence-corrected chi connectivity index (χ1v) is 11.1. The third kappa shape index (κ3) is 3.62. The van der Waals surface area contributed by atoms with E-state index in [0.29, 0.717) is 19.0 Å². The first kappa shape index (κ1) is 19.8. The molecule has 31 heavy (non-hydrogen) atoms. The molecule has 0 atom stereocenters. The molecule has 0 unspecified atom stereocenters. The second kappa shape index (κ2) is 7.87. The van der Waals surface area contributed by atoms with Crippen LogP contribution in [0.5, 0.6) is 5.75 Å². The van der Waals surface area contributed by atoms with E-state index in [4.69, 9.17) is 9.72 Å². The Bertz CT molecular complexity index is 1110. The van der Waals surface area contributed by atoms with Gasteiger partial charge in [-0.2, -0.15) is 5.10 Å². The van der Waals surface area contributed by atoms with Crippen molar-refractivity contribution in [2.24, 2.45) is 0 Å². The molecule has 0 spiro atoms. The Kier molecular flexibility index (Phi) is 5.04. The molecule has 3 heterocycles. The molecule has 1 amide bonds. The van der Waals surface area contributed by atoms with E-state index in [9.17, 15) is 4.79 Å². The second-order valence-electron chi connectivity index (χ2n) is 8.74. The molecule has 1 saturated heterocycles. The van der Waals surface area contributed by atoms with Gasteiger partial charge in [-0.3, -0.25) is 4.79 Å². The van der Waals surface area contributed by atoms with Gasteiger partial charge in [0.1, 0.15) is 5.75 Å². The minimum atomic E-state index is 0.0808. The average Bonchev–Trinajstić information content (AvgIpc) is 3.56. The fourth-order valence-electron chi connectivity index (χ4n) is 4.39. The Balaban J connectivity index is 1.41. The predicted molar refractivity (Wildman–Crippen MR) is 121 cm³/mol. The zero-order valence-corrected chi connectivity index (χ0v) is 18.4. The molecule has 162 valence electrons. The number of hydrogen-bond acceptors (Lipinski definition) is 5. The van der Waals surface area contributed by atoms with E-state index in [-0.39, 0.29) is 11.9 Å². The number of nitrogens with zero attached hydrogens (tertiary/aromatic N) is 5. The van der Waals surface area contributed by atoms with Crippen molar-refractivity contribution >= 4 is 22.6 Å². The number of carbonyl (C=O) groups excluding carboxylic acids is 1. The molecule has 0 radical (unpaired) electrons. The van der Waals surface area contributed by atoms with Crippen LogP contribution < -0.4 is 9.64 Å². The fraction of sp³-hybridized carbons (Fsp3) is 0.458. The van der Waals surface area contributed by atoms with Crippen LogP contribution >= 0.6 is 0 Å². The molecule has 2 fully saturated rings. The number of carbonyl (C=O) groups is 1. The van der Waals surface area contributed by atoms with E-state index in [1.165, 1.54) is 0 Å². The first-order valence-electron chi connectivity index (χ1n) is 11.1. The Morgan fingerprint density at radius 2 is 1.87 bits per heavy atom. The first-order chi connectivity index (χ1) is 15.1. The van der Waals surface area contributed by atoms with E-state index in [0.717, 1.165) is 59.7 Å². The van der Waals surface area contributed by atoms with Gasteiger partial charge in [-0.15, -0.1) is 0 Å². The van der Waals surface area contributed by atoms with E-state index in [2.05, 4.69) is 29.9 Å². The maximum Gasteiger partial charge on any atom is 0.254 e. The van der Waals surface area contributed by atoms with Crippen LogP contribution in [-0.2, 0) is 0 Å². The number of amides is 1. The highest BCUT2D eigenvalue weighted by Crippen LogP contribution is 2.40. The molecule has 2 aliphatic rings. The number of hydrogen-bond donors (Lipinski definition) is 0. The van der Waals surface area contributed by atoms with E-state index in [1.807, 2.05) is 33.8 Å². The Morgan fingerprint density at radius 3 is 2.55 bits per heavy atom. The van der Waals surface area contributed by atoms with Crippen LogP contribution in [0.2, 0.25) is 0 Å². The van der Waals surface area contributed by atoms with Gasteiger partial charge in [-0.25, -0.2) is 9.67 Å². The fourth-order valence-corrected chi connectivity index (χ4v) is 4.39. The summed E-state index contributed by atoms with van der Waals surface area (Å²) in [4.78, 5) is 22.7. The summed E-state index contributed by atoms with van der Waals surface area (Å²) in [5, 5.41) is 5.39. The van der Waals surface area contributed by atoms with Gasteiger partial charge in [0.05, 0.1) is 29.9 Å². The number of piperazine rings is 1. The number of anilines is 1. The monoisotopic (exact) mass is 419 g/mol. The molecule has 1 saturated carbocycles. The largest absolute Gasteiger partial charge is 0.495 e. The van der Waals surface area contributed by atoms with E-state index >= 15 is 0 Å². The third-order valence-electron chi connectivity index (χ3n) is 6.29. The normalized spacial score (nSPS) is 16.9. The molecule has 0 bridgehead atoms. The van der Waals surface area contributed by atoms with Crippen molar-refractivity contribution in [2.75, 3.05) is 38.2 Å². The summed E-state index contributed by atoms with van der Waals surface area (Å²) in [6.07, 6.45) is 4.11. The number of pyridine rings is 1. The molecular formula is C24H29N5O2. The van der Waals surface area contributed by atoms with Crippen molar-refractivity contribution in [1.82, 2.24) is 19.7 Å². The van der Waals surface area contributed by atoms with Gasteiger partial charge in [0.2, 0.25) is 0 Å². The van der Waals surface area contributed by atoms with Crippen LogP contribution in [-0.4, -0.2) is 58.9 Å². The lowest BCUT2D eigenvalue weighted by molar-refractivity contribution is 0.0748. The summed E-state index contributed by atoms with van der Waals surface area (Å²) < 4.78 is 7.44. The topological polar surface area (TPSA) is 63.5 Å². The molecule has 0 N–H and O–H groups in total. The highest BCUT2D eigenvalue weighted by atomic mass is 16.5. The quantitative estimate of drug-likeness (QED) is 0.628. The summed E-state index contributed by atoms with van der Waals surface area (Å²) in [6, 6.07) is 10.3. The molecule has 7 nitrogen and oxygen atoms in total. The summed E-state index contributed by atoms with van der Waals surface area (Å²) >= 11 is 0. The summed E-state index contributed by atoms with van der Waals surface area (Å²) in [5.41, 5.74) is 3.68. The molecule has 2 aromatic heterocycles. The van der Waals surface area contributed by atoms with E-state index in [1.54, 1.807) is 13.3 Å². The molecular weight excluding hydrogens is 390 g/mol. The zero-order valence-electron chi connectivity index (χ0n) is 18.4. The molecule has 1 aromatic carbocycles. The van der Waals surface area contributed by atoms with Crippen LogP contribution in [0.3, 0.4) is 0 Å². The van der Waals surface area contributed by atoms with Crippen molar-refractivity contribution in [3.05, 3.63) is 47.8 Å². The minimum Gasteiger partial charge on any atom is -0.495 e. The van der Waals surface area contributed by atoms with Crippen LogP contribution in [0.25, 0.3) is 11.0 Å². The number of ether oxygens (including phenoxy) is 1. The molecule has 1 aliphatic carbocycles. The van der Waals surface area contributed by atoms with Gasteiger partial charge in [-0.05, 0) is 44.9 Å². The molecule has 1 aliphatic heterocycles. The number of benzene rings is 1. The molecule has 5 rings (SSSR count). The van der Waals surface area contributed by atoms with Crippen LogP contribution in [0.1, 0.15) is 54.7 Å². The smallest absolute Gasteiger partial charge is 0.254 e. The van der Waals surface area contributed by atoms with Crippen LogP contribution in [0.15, 0.2) is 36.5 Å². The highest BCUT2D eigenvalue weighted by Gasteiger charge is 2.30. The summed E-state index contributed by atoms with van der Waals surface area (Å²) in [7, 11) is 1.70. The maximum absolute atomic E-state index is 13.6. The zero-order chi connectivity index (χ0) is 21.5. The standard InChI is InChI=1S/C24H29N5O2/c1-16(2)29-23-19(15-25-29)18(14-20(26-23)17-8-9-17)24(30)28-12-10-27(11-13-28)21-6-4-5-7-22(21)31-3/h4-7,14-17H,8-13H2,1-3H3. The number of rotatable bonds is 5. The molecule has 3 aromatic rings. The Hall–Kier alpha value is -3.09. The summed E-state index contributed by atoms with van der Waals surface area (Å²) in [5.74, 6) is 1.43. The maximum atomic E-state index is 13.6. The van der Waals surface area contributed by atoms with Crippen LogP contribution in [0.4, 0.5) is 5.69 Å². The second-order valence-corrected chi connectivity index (χ2v) is 8.74. The predicted octanol–water partition coefficient (Wildman–Crippen LogP) is 3.86. The van der Waals surface area contributed by atoms with E-state index < -0.39 is 0 Å². The van der Waals surface area contributed by atoms with Gasteiger partial charge < -0.3 is 14.5 Å². The third-order valence-corrected chi connectivity index (χ3v) is 6.29. The van der Waals surface area contributed by atoms with Crippen molar-refractivity contribution in [3.8, 4) is 5.75 Å². The van der Waals surface area contributed by atoms with Crippen molar-refractivity contribution in [1.29, 1.82) is 0 Å². The lowest BCUT2D eigenvalue weighted by Gasteiger charge is -2.36. The van der Waals surface area contributed by atoms with Gasteiger partial charge in [-0.1, -0.05) is 12.1 Å². The Morgan fingerprint density at radius 1 is 1.13 bits per heavy atom. The minimum absolute atomic E-state index is 0.0808. The van der Waals surface area contributed by atoms with Gasteiger partial charge in [0, 0.05) is 43.8 Å². The number of aromatic nitrogens is 3. The molecule has 7 heteroatoms. The Labute approximate surface area is 182 Å². The van der Waals surface area contributed by atoms with Crippen molar-refractivity contribution in [3.63, 3.8) is 0 Å². The van der Waals surface area contributed by atoms with Crippen molar-refractivity contribution < 1.29 is 9.53 Å². The van der Waals surface area contributed by atoms with Gasteiger partial charge in [0.25, 0.3) is 5.91 Å². The van der Waals surface area contributed by atoms with Gasteiger partial charge >= 0.3 is 0 Å². The van der Waals surface area contributed by atoms with Gasteiger partial charge in [0.15, 0.2) is 5.65 Å². The van der Waals surface area contributed by atoms with Crippen molar-refractivity contribution in [2.45, 2.75) is 38.6 Å².